The minimum atomic E-state index is 0.0272. The number of halogens is 1. The number of rotatable bonds is 3. The first kappa shape index (κ1) is 14.9. The Morgan fingerprint density at radius 2 is 1.91 bits per heavy atom. The standard InChI is InChI=1S/C17H15ClN2OS/c1-11-8-13(4-7-15(11)18)16-10-22-17(21)20(16)9-12-2-5-14(19)6-3-12/h2-8,10H,9,19H2,1H3. The summed E-state index contributed by atoms with van der Waals surface area (Å²) in [5.41, 5.74) is 10.4. The zero-order valence-corrected chi connectivity index (χ0v) is 13.6. The van der Waals surface area contributed by atoms with Gasteiger partial charge in [0.1, 0.15) is 0 Å². The van der Waals surface area contributed by atoms with E-state index in [1.807, 2.05) is 54.8 Å². The Balaban J connectivity index is 2.02. The molecule has 2 aromatic carbocycles. The van der Waals surface area contributed by atoms with Crippen LogP contribution in [0.15, 0.2) is 52.6 Å². The van der Waals surface area contributed by atoms with Gasteiger partial charge in [0, 0.05) is 16.1 Å². The fourth-order valence-corrected chi connectivity index (χ4v) is 3.20. The Kier molecular flexibility index (Phi) is 4.05. The third-order valence-electron chi connectivity index (χ3n) is 3.56. The maximum atomic E-state index is 12.2. The van der Waals surface area contributed by atoms with Gasteiger partial charge in [0.05, 0.1) is 12.2 Å². The van der Waals surface area contributed by atoms with Crippen molar-refractivity contribution in [2.45, 2.75) is 13.5 Å². The van der Waals surface area contributed by atoms with Gasteiger partial charge in [-0.3, -0.25) is 9.36 Å². The van der Waals surface area contributed by atoms with Crippen LogP contribution in [-0.2, 0) is 6.54 Å². The summed E-state index contributed by atoms with van der Waals surface area (Å²) >= 11 is 7.29. The number of nitrogens with zero attached hydrogens (tertiary/aromatic N) is 1. The Morgan fingerprint density at radius 1 is 1.18 bits per heavy atom. The van der Waals surface area contributed by atoms with Gasteiger partial charge >= 0.3 is 4.87 Å². The van der Waals surface area contributed by atoms with Gasteiger partial charge in [0.15, 0.2) is 0 Å². The predicted octanol–water partition coefficient (Wildman–Crippen LogP) is 4.17. The van der Waals surface area contributed by atoms with Crippen LogP contribution in [0.1, 0.15) is 11.1 Å². The van der Waals surface area contributed by atoms with E-state index in [1.54, 1.807) is 4.57 Å². The summed E-state index contributed by atoms with van der Waals surface area (Å²) in [6.45, 7) is 2.49. The lowest BCUT2D eigenvalue weighted by Gasteiger charge is -2.09. The predicted molar refractivity (Wildman–Crippen MR) is 93.7 cm³/mol. The van der Waals surface area contributed by atoms with Gasteiger partial charge in [-0.05, 0) is 47.9 Å². The summed E-state index contributed by atoms with van der Waals surface area (Å²) in [7, 11) is 0. The maximum Gasteiger partial charge on any atom is 0.307 e. The quantitative estimate of drug-likeness (QED) is 0.733. The van der Waals surface area contributed by atoms with Crippen LogP contribution in [0, 0.1) is 6.92 Å². The zero-order valence-electron chi connectivity index (χ0n) is 12.0. The van der Waals surface area contributed by atoms with Crippen LogP contribution in [-0.4, -0.2) is 4.57 Å². The molecule has 5 heteroatoms. The Hall–Kier alpha value is -2.04. The molecule has 3 rings (SSSR count). The summed E-state index contributed by atoms with van der Waals surface area (Å²) in [5, 5.41) is 2.62. The van der Waals surface area contributed by atoms with Gasteiger partial charge < -0.3 is 5.73 Å². The van der Waals surface area contributed by atoms with Crippen molar-refractivity contribution in [3.63, 3.8) is 0 Å². The smallest absolute Gasteiger partial charge is 0.307 e. The average Bonchev–Trinajstić information content (AvgIpc) is 2.86. The normalized spacial score (nSPS) is 10.8. The molecule has 0 aliphatic heterocycles. The number of nitrogens with two attached hydrogens (primary N) is 1. The van der Waals surface area contributed by atoms with Crippen LogP contribution in [0.3, 0.4) is 0 Å². The van der Waals surface area contributed by atoms with E-state index in [-0.39, 0.29) is 4.87 Å². The van der Waals surface area contributed by atoms with Crippen molar-refractivity contribution < 1.29 is 0 Å². The fourth-order valence-electron chi connectivity index (χ4n) is 2.32. The van der Waals surface area contributed by atoms with Gasteiger partial charge in [-0.25, -0.2) is 0 Å². The third kappa shape index (κ3) is 2.93. The highest BCUT2D eigenvalue weighted by molar-refractivity contribution is 7.07. The van der Waals surface area contributed by atoms with Gasteiger partial charge in [0.2, 0.25) is 0 Å². The van der Waals surface area contributed by atoms with Gasteiger partial charge in [0.25, 0.3) is 0 Å². The lowest BCUT2D eigenvalue weighted by atomic mass is 10.1. The van der Waals surface area contributed by atoms with E-state index < -0.39 is 0 Å². The van der Waals surface area contributed by atoms with Crippen molar-refractivity contribution in [1.82, 2.24) is 4.57 Å². The highest BCUT2D eigenvalue weighted by Crippen LogP contribution is 2.25. The summed E-state index contributed by atoms with van der Waals surface area (Å²) in [4.78, 5) is 12.2. The first-order valence-corrected chi connectivity index (χ1v) is 8.09. The number of thiazole rings is 1. The molecule has 0 saturated carbocycles. The van der Waals surface area contributed by atoms with Crippen LogP contribution in [0.25, 0.3) is 11.3 Å². The molecule has 1 aromatic heterocycles. The highest BCUT2D eigenvalue weighted by Gasteiger charge is 2.10. The Morgan fingerprint density at radius 3 is 2.59 bits per heavy atom. The molecule has 0 fully saturated rings. The van der Waals surface area contributed by atoms with E-state index in [1.165, 1.54) is 11.3 Å². The number of hydrogen-bond acceptors (Lipinski definition) is 3. The maximum absolute atomic E-state index is 12.2. The molecule has 2 N–H and O–H groups in total. The monoisotopic (exact) mass is 330 g/mol. The van der Waals surface area contributed by atoms with E-state index >= 15 is 0 Å². The van der Waals surface area contributed by atoms with Crippen LogP contribution in [0.4, 0.5) is 5.69 Å². The summed E-state index contributed by atoms with van der Waals surface area (Å²) in [5.74, 6) is 0. The van der Waals surface area contributed by atoms with Crippen molar-refractivity contribution in [3.8, 4) is 11.3 Å². The molecule has 0 atom stereocenters. The number of aryl methyl sites for hydroxylation is 1. The zero-order chi connectivity index (χ0) is 15.7. The molecule has 0 radical (unpaired) electrons. The molecule has 0 unspecified atom stereocenters. The minimum Gasteiger partial charge on any atom is -0.399 e. The van der Waals surface area contributed by atoms with Crippen LogP contribution in [0.2, 0.25) is 5.02 Å². The van der Waals surface area contributed by atoms with E-state index in [0.29, 0.717) is 6.54 Å². The first-order chi connectivity index (χ1) is 10.5. The molecule has 22 heavy (non-hydrogen) atoms. The number of anilines is 1. The molecule has 112 valence electrons. The topological polar surface area (TPSA) is 48.0 Å². The second kappa shape index (κ2) is 5.99. The van der Waals surface area contributed by atoms with E-state index in [9.17, 15) is 4.79 Å². The highest BCUT2D eigenvalue weighted by atomic mass is 35.5. The molecule has 0 saturated heterocycles. The van der Waals surface area contributed by atoms with Crippen molar-refractivity contribution in [2.24, 2.45) is 0 Å². The number of nitrogen functional groups attached to an aromatic ring is 1. The minimum absolute atomic E-state index is 0.0272. The first-order valence-electron chi connectivity index (χ1n) is 6.84. The van der Waals surface area contributed by atoms with Gasteiger partial charge in [-0.2, -0.15) is 0 Å². The van der Waals surface area contributed by atoms with Crippen LogP contribution in [0.5, 0.6) is 0 Å². The summed E-state index contributed by atoms with van der Waals surface area (Å²) in [6, 6.07) is 13.4. The molecule has 0 bridgehead atoms. The lowest BCUT2D eigenvalue weighted by Crippen LogP contribution is -2.15. The van der Waals surface area contributed by atoms with Gasteiger partial charge in [-0.1, -0.05) is 41.1 Å². The summed E-state index contributed by atoms with van der Waals surface area (Å²) < 4.78 is 1.78. The summed E-state index contributed by atoms with van der Waals surface area (Å²) in [6.07, 6.45) is 0. The Bertz CT molecular complexity index is 865. The Labute approximate surface area is 137 Å². The van der Waals surface area contributed by atoms with Crippen LogP contribution < -0.4 is 10.6 Å². The fraction of sp³-hybridized carbons (Fsp3) is 0.118. The van der Waals surface area contributed by atoms with Gasteiger partial charge in [-0.15, -0.1) is 0 Å². The molecule has 1 heterocycles. The van der Waals surface area contributed by atoms with E-state index in [0.717, 1.165) is 33.1 Å². The number of aromatic nitrogens is 1. The lowest BCUT2D eigenvalue weighted by molar-refractivity contribution is 0.792. The van der Waals surface area contributed by atoms with E-state index in [4.69, 9.17) is 17.3 Å². The van der Waals surface area contributed by atoms with Crippen molar-refractivity contribution in [1.29, 1.82) is 0 Å². The largest absolute Gasteiger partial charge is 0.399 e. The SMILES string of the molecule is Cc1cc(-c2csc(=O)n2Cc2ccc(N)cc2)ccc1Cl. The third-order valence-corrected chi connectivity index (χ3v) is 4.74. The molecule has 0 amide bonds. The molecule has 0 spiro atoms. The van der Waals surface area contributed by atoms with Crippen molar-refractivity contribution in [3.05, 3.63) is 73.7 Å². The second-order valence-electron chi connectivity index (χ2n) is 5.18. The number of hydrogen-bond donors (Lipinski definition) is 1. The second-order valence-corrected chi connectivity index (χ2v) is 6.41. The molecule has 0 aliphatic rings. The van der Waals surface area contributed by atoms with E-state index in [2.05, 4.69) is 0 Å². The average molecular weight is 331 g/mol. The molecule has 3 nitrogen and oxygen atoms in total. The molecular formula is C17H15ClN2OS. The molecule has 3 aromatic rings. The molecular weight excluding hydrogens is 316 g/mol. The van der Waals surface area contributed by atoms with Crippen LogP contribution >= 0.6 is 22.9 Å². The van der Waals surface area contributed by atoms with Crippen molar-refractivity contribution >= 4 is 28.6 Å². The van der Waals surface area contributed by atoms with Crippen molar-refractivity contribution in [2.75, 3.05) is 5.73 Å². The number of benzene rings is 2. The molecule has 0 aliphatic carbocycles.